The lowest BCUT2D eigenvalue weighted by molar-refractivity contribution is 0.109. The Morgan fingerprint density at radius 3 is 2.85 bits per heavy atom. The first-order chi connectivity index (χ1) is 6.38. The lowest BCUT2D eigenvalue weighted by Gasteiger charge is -2.24. The summed E-state index contributed by atoms with van der Waals surface area (Å²) in [4.78, 5) is 0. The Morgan fingerprint density at radius 2 is 2.08 bits per heavy atom. The van der Waals surface area contributed by atoms with Crippen LogP contribution in [0.3, 0.4) is 0 Å². The number of ether oxygens (including phenoxy) is 1. The van der Waals surface area contributed by atoms with Crippen LogP contribution in [0.15, 0.2) is 0 Å². The Labute approximate surface area is 79.5 Å². The first-order valence-electron chi connectivity index (χ1n) is 5.37. The van der Waals surface area contributed by atoms with Crippen molar-refractivity contribution in [1.82, 2.24) is 5.32 Å². The van der Waals surface area contributed by atoms with Crippen LogP contribution >= 0.6 is 0 Å². The Hall–Kier alpha value is -0.120. The standard InChI is InChI=1S/C10H19NO2/c12-10-7-13-6-8(10)9-4-2-1-3-5-11-9/h8-12H,1-7H2/t8-,9?,10+/m0/s1. The first kappa shape index (κ1) is 9.44. The molecule has 3 nitrogen and oxygen atoms in total. The Morgan fingerprint density at radius 1 is 1.15 bits per heavy atom. The van der Waals surface area contributed by atoms with E-state index in [0.717, 1.165) is 13.2 Å². The van der Waals surface area contributed by atoms with Crippen LogP contribution in [-0.4, -0.2) is 37.0 Å². The molecular weight excluding hydrogens is 166 g/mol. The van der Waals surface area contributed by atoms with Gasteiger partial charge in [-0.25, -0.2) is 0 Å². The molecule has 0 spiro atoms. The number of aliphatic hydroxyl groups excluding tert-OH is 1. The second kappa shape index (κ2) is 4.40. The van der Waals surface area contributed by atoms with Crippen molar-refractivity contribution in [3.05, 3.63) is 0 Å². The van der Waals surface area contributed by atoms with E-state index in [1.165, 1.54) is 25.7 Å². The van der Waals surface area contributed by atoms with Crippen LogP contribution in [0.1, 0.15) is 25.7 Å². The highest BCUT2D eigenvalue weighted by Gasteiger charge is 2.33. The van der Waals surface area contributed by atoms with E-state index in [-0.39, 0.29) is 6.10 Å². The fraction of sp³-hybridized carbons (Fsp3) is 1.00. The van der Waals surface area contributed by atoms with Gasteiger partial charge >= 0.3 is 0 Å². The second-order valence-corrected chi connectivity index (χ2v) is 4.18. The van der Waals surface area contributed by atoms with E-state index in [0.29, 0.717) is 18.6 Å². The van der Waals surface area contributed by atoms with Crippen molar-refractivity contribution >= 4 is 0 Å². The van der Waals surface area contributed by atoms with Gasteiger partial charge in [0, 0.05) is 12.0 Å². The van der Waals surface area contributed by atoms with Crippen molar-refractivity contribution in [3.63, 3.8) is 0 Å². The van der Waals surface area contributed by atoms with Crippen LogP contribution in [0.4, 0.5) is 0 Å². The molecule has 0 aliphatic carbocycles. The third-order valence-electron chi connectivity index (χ3n) is 3.21. The van der Waals surface area contributed by atoms with Crippen LogP contribution in [0.25, 0.3) is 0 Å². The van der Waals surface area contributed by atoms with Crippen LogP contribution in [0.2, 0.25) is 0 Å². The quantitative estimate of drug-likeness (QED) is 0.626. The molecule has 76 valence electrons. The summed E-state index contributed by atoms with van der Waals surface area (Å²) in [5.74, 6) is 0.332. The maximum Gasteiger partial charge on any atom is 0.0838 e. The normalized spacial score (nSPS) is 41.8. The molecule has 2 fully saturated rings. The zero-order valence-electron chi connectivity index (χ0n) is 8.04. The van der Waals surface area contributed by atoms with Crippen LogP contribution in [0, 0.1) is 5.92 Å². The van der Waals surface area contributed by atoms with Gasteiger partial charge in [0.05, 0.1) is 19.3 Å². The Kier molecular flexibility index (Phi) is 3.19. The Bertz CT molecular complexity index is 155. The summed E-state index contributed by atoms with van der Waals surface area (Å²) in [7, 11) is 0. The Balaban J connectivity index is 1.89. The van der Waals surface area contributed by atoms with E-state index < -0.39 is 0 Å². The van der Waals surface area contributed by atoms with Crippen molar-refractivity contribution < 1.29 is 9.84 Å². The topological polar surface area (TPSA) is 41.5 Å². The van der Waals surface area contributed by atoms with Crippen molar-refractivity contribution in [2.45, 2.75) is 37.8 Å². The van der Waals surface area contributed by atoms with Gasteiger partial charge in [-0.3, -0.25) is 0 Å². The molecule has 0 aromatic carbocycles. The van der Waals surface area contributed by atoms with E-state index in [1.54, 1.807) is 0 Å². The van der Waals surface area contributed by atoms with Crippen molar-refractivity contribution in [1.29, 1.82) is 0 Å². The summed E-state index contributed by atoms with van der Waals surface area (Å²) < 4.78 is 5.27. The third-order valence-corrected chi connectivity index (χ3v) is 3.21. The van der Waals surface area contributed by atoms with Gasteiger partial charge in [-0.15, -0.1) is 0 Å². The van der Waals surface area contributed by atoms with Gasteiger partial charge in [0.25, 0.3) is 0 Å². The predicted molar refractivity (Wildman–Crippen MR) is 50.6 cm³/mol. The van der Waals surface area contributed by atoms with Crippen molar-refractivity contribution in [3.8, 4) is 0 Å². The highest BCUT2D eigenvalue weighted by Crippen LogP contribution is 2.22. The lowest BCUT2D eigenvalue weighted by atomic mass is 9.93. The number of nitrogens with one attached hydrogen (secondary N) is 1. The van der Waals surface area contributed by atoms with E-state index in [4.69, 9.17) is 4.74 Å². The second-order valence-electron chi connectivity index (χ2n) is 4.18. The first-order valence-corrected chi connectivity index (χ1v) is 5.37. The van der Waals surface area contributed by atoms with Gasteiger partial charge in [-0.2, -0.15) is 0 Å². The molecule has 0 saturated carbocycles. The molecule has 0 radical (unpaired) electrons. The third kappa shape index (κ3) is 2.22. The zero-order valence-corrected chi connectivity index (χ0v) is 8.04. The molecule has 0 bridgehead atoms. The zero-order chi connectivity index (χ0) is 9.10. The minimum Gasteiger partial charge on any atom is -0.390 e. The number of hydrogen-bond acceptors (Lipinski definition) is 3. The minimum atomic E-state index is -0.240. The summed E-state index contributed by atoms with van der Waals surface area (Å²) in [6.45, 7) is 2.37. The highest BCUT2D eigenvalue weighted by molar-refractivity contribution is 4.86. The molecule has 0 amide bonds. The molecule has 0 aromatic heterocycles. The molecule has 0 aromatic rings. The van der Waals surface area contributed by atoms with E-state index in [1.807, 2.05) is 0 Å². The summed E-state index contributed by atoms with van der Waals surface area (Å²) in [6.07, 6.45) is 4.86. The highest BCUT2D eigenvalue weighted by atomic mass is 16.5. The maximum atomic E-state index is 9.67. The molecule has 1 unspecified atom stereocenters. The number of aliphatic hydroxyl groups is 1. The minimum absolute atomic E-state index is 0.240. The number of hydrogen-bond donors (Lipinski definition) is 2. The maximum absolute atomic E-state index is 9.67. The fourth-order valence-corrected chi connectivity index (χ4v) is 2.36. The van der Waals surface area contributed by atoms with E-state index in [2.05, 4.69) is 5.32 Å². The number of rotatable bonds is 1. The molecule has 2 rings (SSSR count). The SMILES string of the molecule is O[C@@H]1COC[C@H]1C1CCCCCN1. The summed E-state index contributed by atoms with van der Waals surface area (Å²) in [6, 6.07) is 0.486. The van der Waals surface area contributed by atoms with E-state index >= 15 is 0 Å². The molecular formula is C10H19NO2. The summed E-state index contributed by atoms with van der Waals surface area (Å²) >= 11 is 0. The van der Waals surface area contributed by atoms with Gasteiger partial charge in [0.1, 0.15) is 0 Å². The van der Waals surface area contributed by atoms with E-state index in [9.17, 15) is 5.11 Å². The van der Waals surface area contributed by atoms with Crippen molar-refractivity contribution in [2.75, 3.05) is 19.8 Å². The van der Waals surface area contributed by atoms with Gasteiger partial charge in [-0.1, -0.05) is 12.8 Å². The largest absolute Gasteiger partial charge is 0.390 e. The molecule has 2 aliphatic heterocycles. The van der Waals surface area contributed by atoms with Gasteiger partial charge in [-0.05, 0) is 19.4 Å². The van der Waals surface area contributed by atoms with Crippen LogP contribution in [0.5, 0.6) is 0 Å². The molecule has 2 aliphatic rings. The fourth-order valence-electron chi connectivity index (χ4n) is 2.36. The van der Waals surface area contributed by atoms with Gasteiger partial charge < -0.3 is 15.2 Å². The molecule has 2 N–H and O–H groups in total. The predicted octanol–water partition coefficient (Wildman–Crippen LogP) is 0.526. The van der Waals surface area contributed by atoms with Crippen LogP contribution < -0.4 is 5.32 Å². The van der Waals surface area contributed by atoms with Gasteiger partial charge in [0.2, 0.25) is 0 Å². The van der Waals surface area contributed by atoms with Crippen molar-refractivity contribution in [2.24, 2.45) is 5.92 Å². The summed E-state index contributed by atoms with van der Waals surface area (Å²) in [5, 5.41) is 13.2. The monoisotopic (exact) mass is 185 g/mol. The molecule has 13 heavy (non-hydrogen) atoms. The lowest BCUT2D eigenvalue weighted by Crippen LogP contribution is -2.40. The molecule has 3 atom stereocenters. The summed E-state index contributed by atoms with van der Waals surface area (Å²) in [5.41, 5.74) is 0. The smallest absolute Gasteiger partial charge is 0.0838 e. The molecule has 2 saturated heterocycles. The average molecular weight is 185 g/mol. The van der Waals surface area contributed by atoms with Crippen LogP contribution in [-0.2, 0) is 4.74 Å². The molecule has 3 heteroatoms. The van der Waals surface area contributed by atoms with Gasteiger partial charge in [0.15, 0.2) is 0 Å². The molecule has 2 heterocycles. The average Bonchev–Trinajstić information content (AvgIpc) is 2.43.